The molecule has 0 aromatic carbocycles. The average Bonchev–Trinajstić information content (AvgIpc) is 2.84. The minimum atomic E-state index is -3.46. The van der Waals surface area contributed by atoms with Gasteiger partial charge in [-0.2, -0.15) is 4.31 Å². The van der Waals surface area contributed by atoms with Gasteiger partial charge >= 0.3 is 5.97 Å². The van der Waals surface area contributed by atoms with Crippen molar-refractivity contribution in [1.29, 1.82) is 0 Å². The second-order valence-corrected chi connectivity index (χ2v) is 7.69. The van der Waals surface area contributed by atoms with E-state index < -0.39 is 34.0 Å². The third-order valence-corrected chi connectivity index (χ3v) is 5.63. The molecule has 0 aliphatic carbocycles. The lowest BCUT2D eigenvalue weighted by molar-refractivity contribution is -0.143. The van der Waals surface area contributed by atoms with Crippen LogP contribution in [0.3, 0.4) is 0 Å². The van der Waals surface area contributed by atoms with Crippen molar-refractivity contribution in [2.75, 3.05) is 12.3 Å². The molecule has 1 aliphatic heterocycles. The van der Waals surface area contributed by atoms with Gasteiger partial charge in [-0.25, -0.2) is 13.2 Å². The minimum Gasteiger partial charge on any atom is -0.480 e. The first-order valence-electron chi connectivity index (χ1n) is 7.23. The standard InChI is InChI=1S/C13H24N2O5S/c1-4-8-21(19,20)15-7-5-6-10(15)12(16)14-11(9(2)3)13(17)18/h9-11H,4-8H2,1-3H3,(H,14,16)(H,17,18). The van der Waals surface area contributed by atoms with E-state index in [0.717, 1.165) is 0 Å². The van der Waals surface area contributed by atoms with Crippen LogP contribution in [-0.4, -0.2) is 54.1 Å². The molecule has 8 heteroatoms. The molecule has 0 radical (unpaired) electrons. The Morgan fingerprint density at radius 3 is 2.48 bits per heavy atom. The third-order valence-electron chi connectivity index (χ3n) is 3.56. The smallest absolute Gasteiger partial charge is 0.326 e. The number of nitrogens with zero attached hydrogens (tertiary/aromatic N) is 1. The molecule has 1 fully saturated rings. The maximum Gasteiger partial charge on any atom is 0.326 e. The number of sulfonamides is 1. The molecule has 1 amide bonds. The summed E-state index contributed by atoms with van der Waals surface area (Å²) in [4.78, 5) is 23.4. The van der Waals surface area contributed by atoms with Gasteiger partial charge in [-0.05, 0) is 25.2 Å². The summed E-state index contributed by atoms with van der Waals surface area (Å²) in [6.07, 6.45) is 1.52. The summed E-state index contributed by atoms with van der Waals surface area (Å²) in [7, 11) is -3.46. The molecule has 122 valence electrons. The van der Waals surface area contributed by atoms with E-state index in [1.165, 1.54) is 4.31 Å². The van der Waals surface area contributed by atoms with Gasteiger partial charge in [-0.15, -0.1) is 0 Å². The van der Waals surface area contributed by atoms with Crippen LogP contribution in [0, 0.1) is 5.92 Å². The summed E-state index contributed by atoms with van der Waals surface area (Å²) in [6.45, 7) is 5.47. The molecule has 1 aliphatic rings. The van der Waals surface area contributed by atoms with Crippen LogP contribution in [0.15, 0.2) is 0 Å². The molecule has 1 saturated heterocycles. The van der Waals surface area contributed by atoms with Gasteiger partial charge in [-0.3, -0.25) is 4.79 Å². The van der Waals surface area contributed by atoms with E-state index in [0.29, 0.717) is 25.8 Å². The van der Waals surface area contributed by atoms with Gasteiger partial charge in [0.1, 0.15) is 12.1 Å². The van der Waals surface area contributed by atoms with E-state index in [1.54, 1.807) is 20.8 Å². The molecule has 7 nitrogen and oxygen atoms in total. The number of hydrogen-bond acceptors (Lipinski definition) is 4. The Bertz CT molecular complexity index is 489. The molecule has 21 heavy (non-hydrogen) atoms. The van der Waals surface area contributed by atoms with Crippen LogP contribution in [0.5, 0.6) is 0 Å². The highest BCUT2D eigenvalue weighted by atomic mass is 32.2. The van der Waals surface area contributed by atoms with Gasteiger partial charge in [-0.1, -0.05) is 20.8 Å². The number of carboxylic acid groups (broad SMARTS) is 1. The number of carbonyl (C=O) groups is 2. The number of carbonyl (C=O) groups excluding carboxylic acids is 1. The lowest BCUT2D eigenvalue weighted by Crippen LogP contribution is -2.52. The zero-order valence-corrected chi connectivity index (χ0v) is 13.5. The summed E-state index contributed by atoms with van der Waals surface area (Å²) in [6, 6.07) is -1.80. The predicted molar refractivity (Wildman–Crippen MR) is 78.2 cm³/mol. The van der Waals surface area contributed by atoms with Crippen molar-refractivity contribution in [3.05, 3.63) is 0 Å². The van der Waals surface area contributed by atoms with Crippen LogP contribution in [0.1, 0.15) is 40.0 Å². The molecule has 1 heterocycles. The summed E-state index contributed by atoms with van der Waals surface area (Å²) in [5.41, 5.74) is 0. The monoisotopic (exact) mass is 320 g/mol. The Balaban J connectivity index is 2.84. The Kier molecular flexibility index (Phi) is 6.15. The van der Waals surface area contributed by atoms with Crippen molar-refractivity contribution in [3.63, 3.8) is 0 Å². The van der Waals surface area contributed by atoms with Crippen molar-refractivity contribution < 1.29 is 23.1 Å². The van der Waals surface area contributed by atoms with Gasteiger partial charge in [0.15, 0.2) is 0 Å². The first-order valence-corrected chi connectivity index (χ1v) is 8.84. The Hall–Kier alpha value is -1.15. The fourth-order valence-corrected chi connectivity index (χ4v) is 4.22. The number of nitrogens with one attached hydrogen (secondary N) is 1. The molecule has 0 saturated carbocycles. The molecule has 0 aromatic rings. The second-order valence-electron chi connectivity index (χ2n) is 5.65. The molecule has 0 bridgehead atoms. The number of carboxylic acids is 1. The molecule has 0 spiro atoms. The Morgan fingerprint density at radius 2 is 2.00 bits per heavy atom. The summed E-state index contributed by atoms with van der Waals surface area (Å²) in [5.74, 6) is -1.90. The van der Waals surface area contributed by atoms with E-state index in [2.05, 4.69) is 5.32 Å². The number of aliphatic carboxylic acids is 1. The summed E-state index contributed by atoms with van der Waals surface area (Å²) in [5, 5.41) is 11.6. The molecule has 1 rings (SSSR count). The van der Waals surface area contributed by atoms with Crippen molar-refractivity contribution in [1.82, 2.24) is 9.62 Å². The van der Waals surface area contributed by atoms with E-state index in [1.807, 2.05) is 0 Å². The molecule has 0 aromatic heterocycles. The highest BCUT2D eigenvalue weighted by Crippen LogP contribution is 2.22. The van der Waals surface area contributed by atoms with Crippen LogP contribution in [0.2, 0.25) is 0 Å². The second kappa shape index (κ2) is 7.22. The van der Waals surface area contributed by atoms with E-state index >= 15 is 0 Å². The van der Waals surface area contributed by atoms with Gasteiger partial charge in [0.05, 0.1) is 5.75 Å². The predicted octanol–water partition coefficient (Wildman–Crippen LogP) is 0.416. The van der Waals surface area contributed by atoms with Crippen molar-refractivity contribution in [2.45, 2.75) is 52.1 Å². The van der Waals surface area contributed by atoms with Crippen molar-refractivity contribution >= 4 is 21.9 Å². The largest absolute Gasteiger partial charge is 0.480 e. The third kappa shape index (κ3) is 4.41. The zero-order valence-electron chi connectivity index (χ0n) is 12.7. The number of hydrogen-bond donors (Lipinski definition) is 2. The average molecular weight is 320 g/mol. The maximum atomic E-state index is 12.2. The van der Waals surface area contributed by atoms with E-state index in [9.17, 15) is 18.0 Å². The zero-order chi connectivity index (χ0) is 16.2. The number of amides is 1. The first-order chi connectivity index (χ1) is 9.70. The van der Waals surface area contributed by atoms with Crippen LogP contribution in [0.25, 0.3) is 0 Å². The van der Waals surface area contributed by atoms with Crippen LogP contribution < -0.4 is 5.32 Å². The van der Waals surface area contributed by atoms with E-state index in [-0.39, 0.29) is 11.7 Å². The maximum absolute atomic E-state index is 12.2. The quantitative estimate of drug-likeness (QED) is 0.707. The van der Waals surface area contributed by atoms with Gasteiger partial charge in [0.2, 0.25) is 15.9 Å². The minimum absolute atomic E-state index is 0.00329. The molecule has 2 atom stereocenters. The van der Waals surface area contributed by atoms with Gasteiger partial charge in [0, 0.05) is 6.54 Å². The summed E-state index contributed by atoms with van der Waals surface area (Å²) >= 11 is 0. The van der Waals surface area contributed by atoms with Crippen LogP contribution in [-0.2, 0) is 19.6 Å². The molecule has 2 N–H and O–H groups in total. The summed E-state index contributed by atoms with van der Waals surface area (Å²) < 4.78 is 25.5. The highest BCUT2D eigenvalue weighted by molar-refractivity contribution is 7.89. The topological polar surface area (TPSA) is 104 Å². The van der Waals surface area contributed by atoms with Crippen LogP contribution >= 0.6 is 0 Å². The lowest BCUT2D eigenvalue weighted by atomic mass is 10.0. The number of rotatable bonds is 7. The first kappa shape index (κ1) is 17.9. The van der Waals surface area contributed by atoms with Crippen LogP contribution in [0.4, 0.5) is 0 Å². The van der Waals surface area contributed by atoms with Crippen molar-refractivity contribution in [2.24, 2.45) is 5.92 Å². The van der Waals surface area contributed by atoms with Gasteiger partial charge < -0.3 is 10.4 Å². The van der Waals surface area contributed by atoms with Crippen molar-refractivity contribution in [3.8, 4) is 0 Å². The fraction of sp³-hybridized carbons (Fsp3) is 0.846. The fourth-order valence-electron chi connectivity index (χ4n) is 2.47. The highest BCUT2D eigenvalue weighted by Gasteiger charge is 2.39. The molecule has 2 unspecified atom stereocenters. The normalized spacial score (nSPS) is 21.4. The lowest BCUT2D eigenvalue weighted by Gasteiger charge is -2.25. The molecular weight excluding hydrogens is 296 g/mol. The molecular formula is C13H24N2O5S. The SMILES string of the molecule is CCCS(=O)(=O)N1CCCC1C(=O)NC(C(=O)O)C(C)C. The van der Waals surface area contributed by atoms with E-state index in [4.69, 9.17) is 5.11 Å². The van der Waals surface area contributed by atoms with Gasteiger partial charge in [0.25, 0.3) is 0 Å². The Morgan fingerprint density at radius 1 is 1.38 bits per heavy atom. The Labute approximate surface area is 125 Å².